The Morgan fingerprint density at radius 3 is 2.60 bits per heavy atom. The molecule has 0 radical (unpaired) electrons. The van der Waals surface area contributed by atoms with Gasteiger partial charge in [-0.15, -0.1) is 0 Å². The first-order valence-corrected chi connectivity index (χ1v) is 6.74. The predicted octanol–water partition coefficient (Wildman–Crippen LogP) is 1.68. The van der Waals surface area contributed by atoms with Crippen LogP contribution in [0.5, 0.6) is 0 Å². The van der Waals surface area contributed by atoms with Gasteiger partial charge in [0, 0.05) is 32.7 Å². The van der Waals surface area contributed by atoms with E-state index >= 15 is 0 Å². The molecule has 5 heteroatoms. The van der Waals surface area contributed by atoms with Crippen molar-refractivity contribution in [2.75, 3.05) is 25.5 Å². The van der Waals surface area contributed by atoms with E-state index in [0.29, 0.717) is 13.0 Å². The second kappa shape index (κ2) is 5.53. The van der Waals surface area contributed by atoms with Crippen LogP contribution in [-0.4, -0.2) is 43.5 Å². The van der Waals surface area contributed by atoms with Crippen molar-refractivity contribution in [3.63, 3.8) is 0 Å². The average molecular weight is 275 g/mol. The summed E-state index contributed by atoms with van der Waals surface area (Å²) in [5.41, 5.74) is 3.27. The molecule has 0 aliphatic carbocycles. The fourth-order valence-corrected chi connectivity index (χ4v) is 2.25. The van der Waals surface area contributed by atoms with Crippen LogP contribution in [-0.2, 0) is 4.79 Å². The molecule has 2 rings (SSSR count). The summed E-state index contributed by atoms with van der Waals surface area (Å²) in [6.45, 7) is 4.61. The quantitative estimate of drug-likeness (QED) is 0.893. The summed E-state index contributed by atoms with van der Waals surface area (Å²) in [6, 6.07) is 5.70. The van der Waals surface area contributed by atoms with Crippen LogP contribution in [0.3, 0.4) is 0 Å². The van der Waals surface area contributed by atoms with Gasteiger partial charge in [0.2, 0.25) is 5.91 Å². The van der Waals surface area contributed by atoms with E-state index < -0.39 is 0 Å². The first-order chi connectivity index (χ1) is 9.38. The molecule has 1 fully saturated rings. The molecule has 1 aliphatic rings. The van der Waals surface area contributed by atoms with E-state index in [1.54, 1.807) is 19.0 Å². The van der Waals surface area contributed by atoms with Gasteiger partial charge < -0.3 is 15.1 Å². The Hall–Kier alpha value is -2.04. The molecule has 0 bridgehead atoms. The minimum Gasteiger partial charge on any atom is -0.333 e. The molecule has 0 spiro atoms. The number of amides is 3. The number of nitrogens with one attached hydrogen (secondary N) is 1. The van der Waals surface area contributed by atoms with Crippen molar-refractivity contribution in [2.45, 2.75) is 26.3 Å². The molecular weight excluding hydrogens is 254 g/mol. The Labute approximate surface area is 119 Å². The second-order valence-electron chi connectivity index (χ2n) is 5.52. The minimum absolute atomic E-state index is 0.0531. The van der Waals surface area contributed by atoms with Crippen LogP contribution in [0.4, 0.5) is 10.5 Å². The molecule has 1 heterocycles. The van der Waals surface area contributed by atoms with Crippen molar-refractivity contribution in [3.8, 4) is 0 Å². The summed E-state index contributed by atoms with van der Waals surface area (Å²) in [4.78, 5) is 26.9. The lowest BCUT2D eigenvalue weighted by molar-refractivity contribution is -0.117. The molecule has 0 unspecified atom stereocenters. The lowest BCUT2D eigenvalue weighted by Gasteiger charge is -2.19. The third-order valence-electron chi connectivity index (χ3n) is 3.66. The molecule has 1 aromatic carbocycles. The summed E-state index contributed by atoms with van der Waals surface area (Å²) in [6.07, 6.45) is 0.354. The number of rotatable bonds is 2. The van der Waals surface area contributed by atoms with Crippen molar-refractivity contribution in [3.05, 3.63) is 29.3 Å². The number of urea groups is 1. The standard InChI is InChI=1S/C15H21N3O2/c1-10-5-6-13(7-11(10)2)18-9-12(8-14(18)19)16-15(20)17(3)4/h5-7,12H,8-9H2,1-4H3,(H,16,20)/t12-/m0/s1. The Balaban J connectivity index is 2.09. The molecule has 1 aliphatic heterocycles. The van der Waals surface area contributed by atoms with Crippen molar-refractivity contribution in [1.82, 2.24) is 10.2 Å². The number of carbonyl (C=O) groups excluding carboxylic acids is 2. The Morgan fingerprint density at radius 1 is 1.30 bits per heavy atom. The van der Waals surface area contributed by atoms with E-state index in [4.69, 9.17) is 0 Å². The predicted molar refractivity (Wildman–Crippen MR) is 78.9 cm³/mol. The Kier molecular flexibility index (Phi) is 3.97. The van der Waals surface area contributed by atoms with Crippen LogP contribution in [0.15, 0.2) is 18.2 Å². The van der Waals surface area contributed by atoms with Crippen molar-refractivity contribution in [1.29, 1.82) is 0 Å². The highest BCUT2D eigenvalue weighted by atomic mass is 16.2. The Morgan fingerprint density at radius 2 is 2.00 bits per heavy atom. The van der Waals surface area contributed by atoms with Gasteiger partial charge in [-0.2, -0.15) is 0 Å². The average Bonchev–Trinajstić information content (AvgIpc) is 2.73. The van der Waals surface area contributed by atoms with Gasteiger partial charge in [-0.1, -0.05) is 6.07 Å². The van der Waals surface area contributed by atoms with Crippen LogP contribution >= 0.6 is 0 Å². The zero-order valence-corrected chi connectivity index (χ0v) is 12.4. The van der Waals surface area contributed by atoms with Gasteiger partial charge in [-0.3, -0.25) is 4.79 Å². The van der Waals surface area contributed by atoms with Crippen LogP contribution < -0.4 is 10.2 Å². The molecular formula is C15H21N3O2. The maximum Gasteiger partial charge on any atom is 0.317 e. The largest absolute Gasteiger partial charge is 0.333 e. The number of benzene rings is 1. The molecule has 0 saturated carbocycles. The topological polar surface area (TPSA) is 52.7 Å². The number of hydrogen-bond acceptors (Lipinski definition) is 2. The molecule has 20 heavy (non-hydrogen) atoms. The fourth-order valence-electron chi connectivity index (χ4n) is 2.25. The molecule has 3 amide bonds. The van der Waals surface area contributed by atoms with Crippen LogP contribution in [0.25, 0.3) is 0 Å². The number of hydrogen-bond donors (Lipinski definition) is 1. The molecule has 1 saturated heterocycles. The molecule has 1 aromatic rings. The molecule has 0 aromatic heterocycles. The number of carbonyl (C=O) groups is 2. The van der Waals surface area contributed by atoms with Gasteiger partial charge in [0.1, 0.15) is 0 Å². The number of aryl methyl sites for hydroxylation is 2. The van der Waals surface area contributed by atoms with Gasteiger partial charge in [0.25, 0.3) is 0 Å². The highest BCUT2D eigenvalue weighted by Gasteiger charge is 2.31. The van der Waals surface area contributed by atoms with E-state index in [1.165, 1.54) is 10.5 Å². The van der Waals surface area contributed by atoms with Crippen molar-refractivity contribution < 1.29 is 9.59 Å². The van der Waals surface area contributed by atoms with Gasteiger partial charge in [-0.05, 0) is 37.1 Å². The van der Waals surface area contributed by atoms with Crippen LogP contribution in [0, 0.1) is 13.8 Å². The smallest absolute Gasteiger partial charge is 0.317 e. The maximum absolute atomic E-state index is 12.1. The lowest BCUT2D eigenvalue weighted by Crippen LogP contribution is -2.42. The summed E-state index contributed by atoms with van der Waals surface area (Å²) < 4.78 is 0. The van der Waals surface area contributed by atoms with Gasteiger partial charge in [0.05, 0.1) is 6.04 Å². The first kappa shape index (κ1) is 14.4. The van der Waals surface area contributed by atoms with Crippen LogP contribution in [0.1, 0.15) is 17.5 Å². The van der Waals surface area contributed by atoms with E-state index in [9.17, 15) is 9.59 Å². The molecule has 5 nitrogen and oxygen atoms in total. The fraction of sp³-hybridized carbons (Fsp3) is 0.467. The Bertz CT molecular complexity index is 540. The third-order valence-corrected chi connectivity index (χ3v) is 3.66. The van der Waals surface area contributed by atoms with Gasteiger partial charge in [0.15, 0.2) is 0 Å². The normalized spacial score (nSPS) is 18.3. The van der Waals surface area contributed by atoms with E-state index in [-0.39, 0.29) is 18.0 Å². The van der Waals surface area contributed by atoms with E-state index in [1.807, 2.05) is 32.0 Å². The van der Waals surface area contributed by atoms with Crippen molar-refractivity contribution >= 4 is 17.6 Å². The maximum atomic E-state index is 12.1. The highest BCUT2D eigenvalue weighted by Crippen LogP contribution is 2.24. The number of nitrogens with zero attached hydrogens (tertiary/aromatic N) is 2. The van der Waals surface area contributed by atoms with Crippen LogP contribution in [0.2, 0.25) is 0 Å². The monoisotopic (exact) mass is 275 g/mol. The SMILES string of the molecule is Cc1ccc(N2C[C@@H](NC(=O)N(C)C)CC2=O)cc1C. The first-order valence-electron chi connectivity index (χ1n) is 6.74. The van der Waals surface area contributed by atoms with E-state index in [2.05, 4.69) is 5.32 Å². The van der Waals surface area contributed by atoms with Gasteiger partial charge in [-0.25, -0.2) is 4.79 Å². The lowest BCUT2D eigenvalue weighted by atomic mass is 10.1. The number of anilines is 1. The third kappa shape index (κ3) is 2.92. The zero-order chi connectivity index (χ0) is 14.9. The summed E-state index contributed by atoms with van der Waals surface area (Å²) in [7, 11) is 3.38. The summed E-state index contributed by atoms with van der Waals surface area (Å²) >= 11 is 0. The minimum atomic E-state index is -0.162. The van der Waals surface area contributed by atoms with E-state index in [0.717, 1.165) is 11.3 Å². The highest BCUT2D eigenvalue weighted by molar-refractivity contribution is 5.96. The molecule has 1 N–H and O–H groups in total. The summed E-state index contributed by atoms with van der Waals surface area (Å²) in [5.74, 6) is 0.0531. The molecule has 108 valence electrons. The van der Waals surface area contributed by atoms with Crippen molar-refractivity contribution in [2.24, 2.45) is 0 Å². The summed E-state index contributed by atoms with van der Waals surface area (Å²) in [5, 5.41) is 2.86. The van der Waals surface area contributed by atoms with Gasteiger partial charge >= 0.3 is 6.03 Å². The zero-order valence-electron chi connectivity index (χ0n) is 12.4. The second-order valence-corrected chi connectivity index (χ2v) is 5.52. The molecule has 1 atom stereocenters.